The van der Waals surface area contributed by atoms with Gasteiger partial charge in [-0.1, -0.05) is 48.5 Å². The van der Waals surface area contributed by atoms with Gasteiger partial charge in [0.15, 0.2) is 0 Å². The molecule has 0 atom stereocenters. The Morgan fingerprint density at radius 2 is 1.60 bits per heavy atom. The highest BCUT2D eigenvalue weighted by molar-refractivity contribution is 5.80. The molecule has 0 radical (unpaired) electrons. The van der Waals surface area contributed by atoms with Gasteiger partial charge in [0.1, 0.15) is 0 Å². The van der Waals surface area contributed by atoms with Crippen molar-refractivity contribution in [2.24, 2.45) is 0 Å². The second kappa shape index (κ2) is 5.38. The maximum Gasteiger partial charge on any atom is 0.0991 e. The van der Waals surface area contributed by atoms with Crippen molar-refractivity contribution in [1.29, 1.82) is 5.26 Å². The number of hydrogen-bond acceptors (Lipinski definition) is 2. The van der Waals surface area contributed by atoms with Gasteiger partial charge in [-0.15, -0.1) is 0 Å². The minimum Gasteiger partial charge on any atom is -0.256 e. The van der Waals surface area contributed by atoms with Crippen molar-refractivity contribution in [3.63, 3.8) is 0 Å². The van der Waals surface area contributed by atoms with Crippen LogP contribution in [0.25, 0.3) is 22.4 Å². The fourth-order valence-corrected chi connectivity index (χ4v) is 2.22. The fraction of sp³-hybridized carbons (Fsp3) is 0. The Morgan fingerprint density at radius 3 is 2.40 bits per heavy atom. The molecule has 2 nitrogen and oxygen atoms in total. The normalized spacial score (nSPS) is 9.95. The van der Waals surface area contributed by atoms with Gasteiger partial charge in [0.05, 0.1) is 17.3 Å². The van der Waals surface area contributed by atoms with Crippen LogP contribution in [0, 0.1) is 11.3 Å². The molecule has 0 fully saturated rings. The van der Waals surface area contributed by atoms with E-state index in [1.165, 1.54) is 0 Å². The predicted molar refractivity (Wildman–Crippen MR) is 79.8 cm³/mol. The molecule has 1 aromatic heterocycles. The Kier molecular flexibility index (Phi) is 3.26. The van der Waals surface area contributed by atoms with Crippen LogP contribution in [0.15, 0.2) is 72.9 Å². The molecular formula is C18H12N2. The average Bonchev–Trinajstić information content (AvgIpc) is 2.56. The first-order valence-electron chi connectivity index (χ1n) is 6.39. The average molecular weight is 256 g/mol. The molecule has 1 heterocycles. The summed E-state index contributed by atoms with van der Waals surface area (Å²) in [6.07, 6.45) is 1.78. The summed E-state index contributed by atoms with van der Waals surface area (Å²) in [5.41, 5.74) is 4.70. The molecule has 94 valence electrons. The van der Waals surface area contributed by atoms with Crippen LogP contribution in [0.3, 0.4) is 0 Å². The first kappa shape index (κ1) is 12.1. The molecule has 3 rings (SSSR count). The molecule has 0 aliphatic heterocycles. The second-order valence-corrected chi connectivity index (χ2v) is 4.46. The van der Waals surface area contributed by atoms with E-state index in [-0.39, 0.29) is 0 Å². The third-order valence-electron chi connectivity index (χ3n) is 3.16. The van der Waals surface area contributed by atoms with Gasteiger partial charge in [0.25, 0.3) is 0 Å². The first-order chi connectivity index (χ1) is 9.88. The minimum atomic E-state index is 0.646. The molecule has 0 aliphatic carbocycles. The van der Waals surface area contributed by atoms with Crippen molar-refractivity contribution < 1.29 is 0 Å². The lowest BCUT2D eigenvalue weighted by Gasteiger charge is -2.09. The lowest BCUT2D eigenvalue weighted by molar-refractivity contribution is 1.32. The monoisotopic (exact) mass is 256 g/mol. The Bertz CT molecular complexity index is 771. The summed E-state index contributed by atoms with van der Waals surface area (Å²) in [6.45, 7) is 0. The number of nitriles is 1. The van der Waals surface area contributed by atoms with Crippen LogP contribution in [0.5, 0.6) is 0 Å². The summed E-state index contributed by atoms with van der Waals surface area (Å²) in [5.74, 6) is 0. The topological polar surface area (TPSA) is 36.7 Å². The van der Waals surface area contributed by atoms with E-state index in [1.807, 2.05) is 42.5 Å². The summed E-state index contributed by atoms with van der Waals surface area (Å²) < 4.78 is 0. The van der Waals surface area contributed by atoms with E-state index >= 15 is 0 Å². The molecule has 0 spiro atoms. The highest BCUT2D eigenvalue weighted by atomic mass is 14.7. The van der Waals surface area contributed by atoms with Crippen LogP contribution in [0.4, 0.5) is 0 Å². The first-order valence-corrected chi connectivity index (χ1v) is 6.39. The molecule has 0 unspecified atom stereocenters. The summed E-state index contributed by atoms with van der Waals surface area (Å²) in [4.78, 5) is 4.49. The number of nitrogens with zero attached hydrogens (tertiary/aromatic N) is 2. The van der Waals surface area contributed by atoms with E-state index in [4.69, 9.17) is 5.26 Å². The van der Waals surface area contributed by atoms with Crippen LogP contribution < -0.4 is 0 Å². The quantitative estimate of drug-likeness (QED) is 0.686. The van der Waals surface area contributed by atoms with Crippen molar-refractivity contribution >= 4 is 0 Å². The maximum atomic E-state index is 9.02. The van der Waals surface area contributed by atoms with Gasteiger partial charge >= 0.3 is 0 Å². The molecule has 0 aliphatic rings. The Hall–Kier alpha value is -2.92. The molecule has 2 heteroatoms. The third-order valence-corrected chi connectivity index (χ3v) is 3.16. The highest BCUT2D eigenvalue weighted by Gasteiger charge is 2.08. The Labute approximate surface area is 118 Å². The molecule has 0 N–H and O–H groups in total. The number of aromatic nitrogens is 1. The molecule has 20 heavy (non-hydrogen) atoms. The van der Waals surface area contributed by atoms with Crippen LogP contribution >= 0.6 is 0 Å². The Balaban J connectivity index is 2.18. The zero-order valence-electron chi connectivity index (χ0n) is 10.8. The fourth-order valence-electron chi connectivity index (χ4n) is 2.22. The van der Waals surface area contributed by atoms with Gasteiger partial charge in [-0.25, -0.2) is 0 Å². The van der Waals surface area contributed by atoms with Crippen LogP contribution in [0.2, 0.25) is 0 Å². The largest absolute Gasteiger partial charge is 0.256 e. The molecule has 3 aromatic rings. The van der Waals surface area contributed by atoms with E-state index in [9.17, 15) is 0 Å². The van der Waals surface area contributed by atoms with Crippen molar-refractivity contribution in [2.45, 2.75) is 0 Å². The lowest BCUT2D eigenvalue weighted by Crippen LogP contribution is -1.89. The third kappa shape index (κ3) is 2.30. The highest BCUT2D eigenvalue weighted by Crippen LogP contribution is 2.30. The summed E-state index contributed by atoms with van der Waals surface area (Å²) >= 11 is 0. The molecule has 0 amide bonds. The van der Waals surface area contributed by atoms with E-state index in [2.05, 4.69) is 29.3 Å². The van der Waals surface area contributed by atoms with Gasteiger partial charge < -0.3 is 0 Å². The zero-order valence-corrected chi connectivity index (χ0v) is 10.8. The molecule has 0 bridgehead atoms. The summed E-state index contributed by atoms with van der Waals surface area (Å²) in [5, 5.41) is 9.02. The van der Waals surface area contributed by atoms with Crippen LogP contribution in [0.1, 0.15) is 5.56 Å². The van der Waals surface area contributed by atoms with Crippen molar-refractivity contribution in [3.8, 4) is 28.5 Å². The lowest BCUT2D eigenvalue weighted by atomic mass is 9.98. The summed E-state index contributed by atoms with van der Waals surface area (Å²) in [6, 6.07) is 23.8. The number of hydrogen-bond donors (Lipinski definition) is 0. The van der Waals surface area contributed by atoms with Crippen molar-refractivity contribution in [3.05, 3.63) is 78.5 Å². The minimum absolute atomic E-state index is 0.646. The van der Waals surface area contributed by atoms with E-state index in [1.54, 1.807) is 12.3 Å². The van der Waals surface area contributed by atoms with E-state index in [0.717, 1.165) is 22.4 Å². The molecule has 0 saturated carbocycles. The molecule has 0 saturated heterocycles. The Morgan fingerprint density at radius 1 is 0.800 bits per heavy atom. The van der Waals surface area contributed by atoms with Crippen molar-refractivity contribution in [2.75, 3.05) is 0 Å². The number of benzene rings is 2. The summed E-state index contributed by atoms with van der Waals surface area (Å²) in [7, 11) is 0. The van der Waals surface area contributed by atoms with Gasteiger partial charge in [-0.05, 0) is 23.8 Å². The smallest absolute Gasteiger partial charge is 0.0991 e. The van der Waals surface area contributed by atoms with Crippen molar-refractivity contribution in [1.82, 2.24) is 4.98 Å². The predicted octanol–water partition coefficient (Wildman–Crippen LogP) is 4.29. The van der Waals surface area contributed by atoms with Crippen LogP contribution in [-0.4, -0.2) is 4.98 Å². The van der Waals surface area contributed by atoms with Gasteiger partial charge in [0.2, 0.25) is 0 Å². The number of pyridine rings is 1. The van der Waals surface area contributed by atoms with Gasteiger partial charge in [-0.2, -0.15) is 5.26 Å². The SMILES string of the molecule is N#Cc1cccc(-c2ncccc2-c2ccccc2)c1. The van der Waals surface area contributed by atoms with Gasteiger partial charge in [-0.3, -0.25) is 4.98 Å². The second-order valence-electron chi connectivity index (χ2n) is 4.46. The van der Waals surface area contributed by atoms with Crippen LogP contribution in [-0.2, 0) is 0 Å². The van der Waals surface area contributed by atoms with E-state index in [0.29, 0.717) is 5.56 Å². The number of rotatable bonds is 2. The zero-order chi connectivity index (χ0) is 13.8. The molecule has 2 aromatic carbocycles. The maximum absolute atomic E-state index is 9.02. The molecular weight excluding hydrogens is 244 g/mol. The van der Waals surface area contributed by atoms with E-state index < -0.39 is 0 Å². The van der Waals surface area contributed by atoms with Gasteiger partial charge in [0, 0.05) is 17.3 Å². The standard InChI is InChI=1S/C18H12N2/c19-13-14-6-4-9-16(12-14)18-17(10-5-11-20-18)15-7-2-1-3-8-15/h1-12H.